The molecule has 338 valence electrons. The van der Waals surface area contributed by atoms with Gasteiger partial charge < -0.3 is 71.4 Å². The highest BCUT2D eigenvalue weighted by Crippen LogP contribution is 2.52. The summed E-state index contributed by atoms with van der Waals surface area (Å²) in [6.07, 6.45) is -19.2. The molecule has 0 aliphatic carbocycles. The Bertz CT molecular complexity index is 2400. The van der Waals surface area contributed by atoms with Crippen LogP contribution in [0.4, 0.5) is 17.5 Å². The van der Waals surface area contributed by atoms with Crippen LogP contribution in [-0.4, -0.2) is 143 Å². The summed E-state index contributed by atoms with van der Waals surface area (Å²) >= 11 is 0. The molecule has 31 nitrogen and oxygen atoms in total. The van der Waals surface area contributed by atoms with E-state index in [0.717, 1.165) is 35.3 Å². The number of hydrogen-bond donors (Lipinski definition) is 11. The number of nitrogens with two attached hydrogens (primary N) is 3. The van der Waals surface area contributed by atoms with E-state index in [1.165, 1.54) is 6.07 Å². The lowest BCUT2D eigenvalue weighted by Crippen LogP contribution is -2.39. The van der Waals surface area contributed by atoms with E-state index in [1.54, 1.807) is 0 Å². The summed E-state index contributed by atoms with van der Waals surface area (Å²) in [7, 11) is -16.1. The summed E-state index contributed by atoms with van der Waals surface area (Å²) in [5.74, 6) is -0.686. The zero-order valence-electron chi connectivity index (χ0n) is 30.6. The van der Waals surface area contributed by atoms with Crippen LogP contribution in [0, 0.1) is 0 Å². The molecule has 14 atom stereocenters. The number of ether oxygens (including phenoxy) is 3. The molecular formula is C27H38N9O22P3. The van der Waals surface area contributed by atoms with Crippen molar-refractivity contribution in [2.24, 2.45) is 0 Å². The fourth-order valence-corrected chi connectivity index (χ4v) is 8.42. The Kier molecular flexibility index (Phi) is 13.8. The normalized spacial score (nSPS) is 32.5. The maximum Gasteiger partial charge on any atom is 0.472 e. The molecule has 0 saturated carbocycles. The van der Waals surface area contributed by atoms with Crippen molar-refractivity contribution in [2.45, 2.75) is 73.6 Å². The van der Waals surface area contributed by atoms with E-state index < -0.39 is 134 Å². The van der Waals surface area contributed by atoms with Crippen molar-refractivity contribution in [2.75, 3.05) is 37.0 Å². The number of aliphatic hydroxyl groups excluding tert-OH is 4. The molecule has 34 heteroatoms. The molecule has 3 aliphatic heterocycles. The smallest absolute Gasteiger partial charge is 0.387 e. The molecule has 0 bridgehead atoms. The molecule has 0 aromatic carbocycles. The first-order valence-electron chi connectivity index (χ1n) is 17.2. The lowest BCUT2D eigenvalue weighted by molar-refractivity contribution is -0.0679. The minimum Gasteiger partial charge on any atom is -0.387 e. The van der Waals surface area contributed by atoms with E-state index in [0.29, 0.717) is 9.13 Å². The first-order chi connectivity index (χ1) is 28.4. The van der Waals surface area contributed by atoms with E-state index in [4.69, 9.17) is 59.3 Å². The summed E-state index contributed by atoms with van der Waals surface area (Å²) < 4.78 is 81.2. The van der Waals surface area contributed by atoms with Crippen LogP contribution in [0.25, 0.3) is 0 Å². The number of aliphatic hydroxyl groups is 4. The molecule has 3 aromatic heterocycles. The van der Waals surface area contributed by atoms with Gasteiger partial charge in [0.15, 0.2) is 18.7 Å². The van der Waals surface area contributed by atoms with Gasteiger partial charge in [0.05, 0.1) is 19.8 Å². The highest BCUT2D eigenvalue weighted by Gasteiger charge is 2.53. The predicted molar refractivity (Wildman–Crippen MR) is 194 cm³/mol. The Morgan fingerprint density at radius 2 is 0.869 bits per heavy atom. The number of rotatable bonds is 16. The van der Waals surface area contributed by atoms with Crippen LogP contribution in [0.1, 0.15) is 18.7 Å². The molecule has 6 heterocycles. The van der Waals surface area contributed by atoms with Crippen molar-refractivity contribution < 1.29 is 90.5 Å². The lowest BCUT2D eigenvalue weighted by Gasteiger charge is -2.25. The topological polar surface area (TPSA) is 470 Å². The average molecular weight is 934 g/mol. The molecule has 3 aliphatic rings. The Balaban J connectivity index is 1.16. The molecule has 0 amide bonds. The van der Waals surface area contributed by atoms with Gasteiger partial charge in [-0.15, -0.1) is 0 Å². The van der Waals surface area contributed by atoms with E-state index >= 15 is 0 Å². The van der Waals surface area contributed by atoms with Gasteiger partial charge >= 0.3 is 40.5 Å². The highest BCUT2D eigenvalue weighted by molar-refractivity contribution is 7.47. The van der Waals surface area contributed by atoms with E-state index in [1.807, 2.05) is 0 Å². The van der Waals surface area contributed by atoms with Crippen molar-refractivity contribution in [3.63, 3.8) is 0 Å². The fourth-order valence-electron chi connectivity index (χ4n) is 6.22. The van der Waals surface area contributed by atoms with Gasteiger partial charge in [-0.3, -0.25) is 36.3 Å². The third-order valence-corrected chi connectivity index (χ3v) is 11.5. The molecule has 0 spiro atoms. The maximum atomic E-state index is 13.3. The second kappa shape index (κ2) is 18.1. The van der Waals surface area contributed by atoms with Crippen molar-refractivity contribution in [3.05, 3.63) is 68.2 Å². The standard InChI is InChI=1S/C27H38N9O22P3/c28-13-1-4-34(25(41)31-13)22-19(40)16(37)10(54-22)8-52-60(47,48)58-21-18(39)12(56-24(21)36-6-3-15(30)33-27(36)43)9-53-61(49,50)57-20-17(38)11(7-51-59(44,45)46)55-23(20)35-5-2-14(29)32-26(35)42/h1-6,10-12,16-24,37-40H,7-9H2,(H,47,48)(H,49,50)(H2,28,31,41)(H2,29,32,42)(H2,30,33,43)(H2,44,45,46). The van der Waals surface area contributed by atoms with Gasteiger partial charge in [-0.1, -0.05) is 0 Å². The Labute approximate surface area is 338 Å². The average Bonchev–Trinajstić information content (AvgIpc) is 3.73. The number of nitrogen functional groups attached to an aromatic ring is 3. The van der Waals surface area contributed by atoms with Crippen LogP contribution in [0.3, 0.4) is 0 Å². The molecular weight excluding hydrogens is 895 g/mol. The Morgan fingerprint density at radius 3 is 1.23 bits per heavy atom. The molecule has 14 unspecified atom stereocenters. The Morgan fingerprint density at radius 1 is 0.541 bits per heavy atom. The third-order valence-electron chi connectivity index (χ3n) is 9.06. The van der Waals surface area contributed by atoms with Crippen LogP contribution in [0.2, 0.25) is 0 Å². The van der Waals surface area contributed by atoms with Crippen LogP contribution in [0.15, 0.2) is 51.2 Å². The molecule has 61 heavy (non-hydrogen) atoms. The van der Waals surface area contributed by atoms with Gasteiger partial charge in [-0.05, 0) is 18.2 Å². The summed E-state index contributed by atoms with van der Waals surface area (Å²) in [5, 5.41) is 43.2. The van der Waals surface area contributed by atoms with Crippen molar-refractivity contribution >= 4 is 40.9 Å². The monoisotopic (exact) mass is 933 g/mol. The van der Waals surface area contributed by atoms with Crippen LogP contribution < -0.4 is 34.3 Å². The number of phosphoric acid groups is 3. The summed E-state index contributed by atoms with van der Waals surface area (Å²) in [5.41, 5.74) is 13.3. The van der Waals surface area contributed by atoms with Gasteiger partial charge in [0, 0.05) is 18.6 Å². The highest BCUT2D eigenvalue weighted by atomic mass is 31.2. The molecule has 14 N–H and O–H groups in total. The number of anilines is 3. The van der Waals surface area contributed by atoms with Gasteiger partial charge in [0.2, 0.25) is 0 Å². The molecule has 0 radical (unpaired) electrons. The molecule has 3 fully saturated rings. The predicted octanol–water partition coefficient (Wildman–Crippen LogP) is -5.25. The summed E-state index contributed by atoms with van der Waals surface area (Å²) in [4.78, 5) is 87.8. The second-order valence-electron chi connectivity index (χ2n) is 13.2. The van der Waals surface area contributed by atoms with Crippen molar-refractivity contribution in [3.8, 4) is 0 Å². The zero-order chi connectivity index (χ0) is 44.8. The summed E-state index contributed by atoms with van der Waals surface area (Å²) in [6.45, 7) is -3.16. The van der Waals surface area contributed by atoms with E-state index in [2.05, 4.69) is 19.5 Å². The number of phosphoric ester groups is 3. The van der Waals surface area contributed by atoms with Crippen LogP contribution in [0.5, 0.6) is 0 Å². The first-order valence-corrected chi connectivity index (χ1v) is 21.7. The van der Waals surface area contributed by atoms with Gasteiger partial charge in [0.1, 0.15) is 72.4 Å². The zero-order valence-corrected chi connectivity index (χ0v) is 33.2. The van der Waals surface area contributed by atoms with Crippen molar-refractivity contribution in [1.29, 1.82) is 0 Å². The van der Waals surface area contributed by atoms with Crippen LogP contribution in [-0.2, 0) is 50.5 Å². The quantitative estimate of drug-likeness (QED) is 0.0598. The van der Waals surface area contributed by atoms with Crippen molar-refractivity contribution in [1.82, 2.24) is 28.7 Å². The maximum absolute atomic E-state index is 13.3. The molecule has 6 rings (SSSR count). The summed E-state index contributed by atoms with van der Waals surface area (Å²) in [6, 6.07) is 3.39. The van der Waals surface area contributed by atoms with E-state index in [-0.39, 0.29) is 17.5 Å². The number of hydrogen-bond acceptors (Lipinski definition) is 24. The molecule has 3 aromatic rings. The van der Waals surface area contributed by atoms with Gasteiger partial charge in [-0.25, -0.2) is 28.1 Å². The van der Waals surface area contributed by atoms with Gasteiger partial charge in [0.25, 0.3) is 0 Å². The first kappa shape index (κ1) is 46.6. The Hall–Kier alpha value is -3.91. The molecule has 3 saturated heterocycles. The minimum absolute atomic E-state index is 0.155. The third kappa shape index (κ3) is 10.8. The second-order valence-corrected chi connectivity index (χ2v) is 17.3. The fraction of sp³-hybridized carbons (Fsp3) is 0.556. The van der Waals surface area contributed by atoms with Gasteiger partial charge in [-0.2, -0.15) is 15.0 Å². The number of aromatic nitrogens is 6. The minimum atomic E-state index is -5.50. The SMILES string of the molecule is Nc1ccn(C2OC(COP(=O)(O)OC3C(O)C(COP(=O)(O)OC4C(O)C(COP(=O)(O)O)OC4n4ccc(N)nc4=O)OC3n3ccc(N)nc3=O)C(O)C2O)c(=O)n1. The number of nitrogens with zero attached hydrogens (tertiary/aromatic N) is 6. The van der Waals surface area contributed by atoms with E-state index in [9.17, 15) is 58.3 Å². The lowest BCUT2D eigenvalue weighted by atomic mass is 10.1. The van der Waals surface area contributed by atoms with Crippen LogP contribution >= 0.6 is 23.5 Å². The largest absolute Gasteiger partial charge is 0.472 e.